The van der Waals surface area contributed by atoms with Crippen molar-refractivity contribution in [3.05, 3.63) is 41.6 Å². The Balaban J connectivity index is 1.48. The average Bonchev–Trinajstić information content (AvgIpc) is 2.99. The molecule has 0 aliphatic carbocycles. The number of nitrogens with two attached hydrogens (primary N) is 1. The van der Waals surface area contributed by atoms with Crippen LogP contribution in [0.1, 0.15) is 30.0 Å². The number of ether oxygens (including phenoxy) is 1. The Morgan fingerprint density at radius 1 is 1.39 bits per heavy atom. The number of rotatable bonds is 4. The Labute approximate surface area is 135 Å². The van der Waals surface area contributed by atoms with E-state index in [1.165, 1.54) is 0 Å². The molecular formula is C17H21N3O3. The van der Waals surface area contributed by atoms with Gasteiger partial charge in [0.05, 0.1) is 5.69 Å². The van der Waals surface area contributed by atoms with Gasteiger partial charge in [-0.1, -0.05) is 17.3 Å². The van der Waals surface area contributed by atoms with E-state index in [0.717, 1.165) is 29.8 Å². The molecule has 1 saturated heterocycles. The summed E-state index contributed by atoms with van der Waals surface area (Å²) >= 11 is 0. The first-order valence-corrected chi connectivity index (χ1v) is 7.81. The molecule has 0 radical (unpaired) electrons. The fraction of sp³-hybridized carbons (Fsp3) is 0.412. The molecule has 0 atom stereocenters. The first kappa shape index (κ1) is 15.4. The zero-order chi connectivity index (χ0) is 16.2. The summed E-state index contributed by atoms with van der Waals surface area (Å²) < 4.78 is 10.5. The second kappa shape index (κ2) is 6.73. The molecule has 1 aromatic carbocycles. The van der Waals surface area contributed by atoms with E-state index in [0.29, 0.717) is 24.9 Å². The zero-order valence-corrected chi connectivity index (χ0v) is 13.2. The molecule has 2 heterocycles. The van der Waals surface area contributed by atoms with Crippen LogP contribution in [0.2, 0.25) is 0 Å². The molecule has 2 N–H and O–H groups in total. The summed E-state index contributed by atoms with van der Waals surface area (Å²) in [4.78, 5) is 14.1. The molecule has 3 rings (SSSR count). The van der Waals surface area contributed by atoms with Gasteiger partial charge >= 0.3 is 0 Å². The number of aromatic nitrogens is 1. The highest BCUT2D eigenvalue weighted by Crippen LogP contribution is 2.28. The number of aryl methyl sites for hydroxylation is 1. The van der Waals surface area contributed by atoms with Crippen molar-refractivity contribution in [1.29, 1.82) is 0 Å². The molecule has 0 unspecified atom stereocenters. The smallest absolute Gasteiger partial charge is 0.260 e. The number of nitrogen functional groups attached to an aromatic ring is 1. The molecule has 1 aliphatic heterocycles. The molecule has 2 aromatic rings. The summed E-state index contributed by atoms with van der Waals surface area (Å²) in [7, 11) is 0. The lowest BCUT2D eigenvalue weighted by Gasteiger charge is -2.31. The van der Waals surface area contributed by atoms with Crippen LogP contribution in [0.5, 0.6) is 5.75 Å². The maximum atomic E-state index is 12.3. The largest absolute Gasteiger partial charge is 0.484 e. The number of hydrogen-bond acceptors (Lipinski definition) is 5. The van der Waals surface area contributed by atoms with Crippen LogP contribution in [0.3, 0.4) is 0 Å². The minimum atomic E-state index is 0.0182. The van der Waals surface area contributed by atoms with E-state index in [9.17, 15) is 4.79 Å². The molecule has 0 saturated carbocycles. The molecule has 0 spiro atoms. The standard InChI is InChI=1S/C17H21N3O3/c1-12-3-2-4-14(9-12)22-11-17(21)20-7-5-13(6-8-20)15-10-16(18)23-19-15/h2-4,9-10,13H,5-8,11,18H2,1H3. The molecule has 0 bridgehead atoms. The molecule has 6 nitrogen and oxygen atoms in total. The Morgan fingerprint density at radius 2 is 2.17 bits per heavy atom. The van der Waals surface area contributed by atoms with Crippen molar-refractivity contribution in [3.8, 4) is 5.75 Å². The van der Waals surface area contributed by atoms with Crippen LogP contribution in [0.25, 0.3) is 0 Å². The fourth-order valence-corrected chi connectivity index (χ4v) is 2.86. The zero-order valence-electron chi connectivity index (χ0n) is 13.2. The van der Waals surface area contributed by atoms with Gasteiger partial charge in [0.2, 0.25) is 5.88 Å². The van der Waals surface area contributed by atoms with Gasteiger partial charge in [0.15, 0.2) is 6.61 Å². The van der Waals surface area contributed by atoms with Crippen molar-refractivity contribution in [2.75, 3.05) is 25.4 Å². The van der Waals surface area contributed by atoms with Gasteiger partial charge in [-0.2, -0.15) is 0 Å². The summed E-state index contributed by atoms with van der Waals surface area (Å²) in [6.07, 6.45) is 1.73. The van der Waals surface area contributed by atoms with E-state index in [4.69, 9.17) is 15.0 Å². The Hall–Kier alpha value is -2.50. The second-order valence-electron chi connectivity index (χ2n) is 5.91. The number of likely N-dealkylation sites (tertiary alicyclic amines) is 1. The number of benzene rings is 1. The van der Waals surface area contributed by atoms with E-state index in [1.807, 2.05) is 36.1 Å². The third-order valence-electron chi connectivity index (χ3n) is 4.16. The highest BCUT2D eigenvalue weighted by molar-refractivity contribution is 5.77. The number of carbonyl (C=O) groups excluding carboxylic acids is 1. The minimum Gasteiger partial charge on any atom is -0.484 e. The summed E-state index contributed by atoms with van der Waals surface area (Å²) in [6, 6.07) is 9.47. The monoisotopic (exact) mass is 315 g/mol. The lowest BCUT2D eigenvalue weighted by Crippen LogP contribution is -2.40. The second-order valence-corrected chi connectivity index (χ2v) is 5.91. The van der Waals surface area contributed by atoms with Crippen LogP contribution in [0, 0.1) is 6.92 Å². The van der Waals surface area contributed by atoms with Crippen LogP contribution in [0.4, 0.5) is 5.88 Å². The third kappa shape index (κ3) is 3.83. The molecule has 122 valence electrons. The number of anilines is 1. The van der Waals surface area contributed by atoms with E-state index >= 15 is 0 Å². The summed E-state index contributed by atoms with van der Waals surface area (Å²) in [5.74, 6) is 1.39. The van der Waals surface area contributed by atoms with Gasteiger partial charge < -0.3 is 19.9 Å². The van der Waals surface area contributed by atoms with Gasteiger partial charge in [-0.25, -0.2) is 0 Å². The Kier molecular flexibility index (Phi) is 4.50. The number of amides is 1. The van der Waals surface area contributed by atoms with Gasteiger partial charge in [-0.05, 0) is 37.5 Å². The van der Waals surface area contributed by atoms with Gasteiger partial charge in [0, 0.05) is 25.1 Å². The lowest BCUT2D eigenvalue weighted by molar-refractivity contribution is -0.134. The predicted molar refractivity (Wildman–Crippen MR) is 86.1 cm³/mol. The van der Waals surface area contributed by atoms with E-state index in [1.54, 1.807) is 6.07 Å². The minimum absolute atomic E-state index is 0.0182. The van der Waals surface area contributed by atoms with Crippen molar-refractivity contribution in [3.63, 3.8) is 0 Å². The van der Waals surface area contributed by atoms with Gasteiger partial charge in [-0.3, -0.25) is 4.79 Å². The van der Waals surface area contributed by atoms with Crippen molar-refractivity contribution < 1.29 is 14.1 Å². The SMILES string of the molecule is Cc1cccc(OCC(=O)N2CCC(c3cc(N)on3)CC2)c1. The van der Waals surface area contributed by atoms with Crippen LogP contribution < -0.4 is 10.5 Å². The number of piperidine rings is 1. The van der Waals surface area contributed by atoms with E-state index in [2.05, 4.69) is 5.16 Å². The summed E-state index contributed by atoms with van der Waals surface area (Å²) in [6.45, 7) is 3.47. The Bertz CT molecular complexity index is 675. The fourth-order valence-electron chi connectivity index (χ4n) is 2.86. The van der Waals surface area contributed by atoms with Crippen LogP contribution in [0.15, 0.2) is 34.9 Å². The maximum Gasteiger partial charge on any atom is 0.260 e. The molecule has 1 amide bonds. The molecular weight excluding hydrogens is 294 g/mol. The van der Waals surface area contributed by atoms with Gasteiger partial charge in [0.25, 0.3) is 5.91 Å². The van der Waals surface area contributed by atoms with Crippen molar-refractivity contribution in [2.24, 2.45) is 0 Å². The molecule has 1 aliphatic rings. The highest BCUT2D eigenvalue weighted by Gasteiger charge is 2.25. The molecule has 23 heavy (non-hydrogen) atoms. The van der Waals surface area contributed by atoms with Gasteiger partial charge in [0.1, 0.15) is 5.75 Å². The highest BCUT2D eigenvalue weighted by atomic mass is 16.5. The first-order valence-electron chi connectivity index (χ1n) is 7.81. The van der Waals surface area contributed by atoms with Crippen LogP contribution in [-0.2, 0) is 4.79 Å². The van der Waals surface area contributed by atoms with Crippen molar-refractivity contribution in [2.45, 2.75) is 25.7 Å². The first-order chi connectivity index (χ1) is 11.1. The number of nitrogens with zero attached hydrogens (tertiary/aromatic N) is 2. The normalized spacial score (nSPS) is 15.6. The van der Waals surface area contributed by atoms with Gasteiger partial charge in [-0.15, -0.1) is 0 Å². The van der Waals surface area contributed by atoms with Crippen molar-refractivity contribution in [1.82, 2.24) is 10.1 Å². The maximum absolute atomic E-state index is 12.3. The summed E-state index contributed by atoms with van der Waals surface area (Å²) in [5, 5.41) is 3.97. The quantitative estimate of drug-likeness (QED) is 0.936. The summed E-state index contributed by atoms with van der Waals surface area (Å²) in [5.41, 5.74) is 7.55. The average molecular weight is 315 g/mol. The molecule has 1 aromatic heterocycles. The predicted octanol–water partition coefficient (Wildman–Crippen LogP) is 2.35. The Morgan fingerprint density at radius 3 is 2.83 bits per heavy atom. The van der Waals surface area contributed by atoms with E-state index in [-0.39, 0.29) is 12.5 Å². The topological polar surface area (TPSA) is 81.6 Å². The van der Waals surface area contributed by atoms with E-state index < -0.39 is 0 Å². The number of hydrogen-bond donors (Lipinski definition) is 1. The lowest BCUT2D eigenvalue weighted by atomic mass is 9.93. The van der Waals surface area contributed by atoms with Crippen molar-refractivity contribution >= 4 is 11.8 Å². The molecule has 1 fully saturated rings. The third-order valence-corrected chi connectivity index (χ3v) is 4.16. The molecule has 6 heteroatoms. The van der Waals surface area contributed by atoms with Crippen LogP contribution >= 0.6 is 0 Å². The number of carbonyl (C=O) groups is 1. The van der Waals surface area contributed by atoms with Crippen LogP contribution in [-0.4, -0.2) is 35.7 Å².